The number of piperidine rings is 1. The van der Waals surface area contributed by atoms with Crippen LogP contribution in [0.2, 0.25) is 0 Å². The second-order valence-corrected chi connectivity index (χ2v) is 6.97. The summed E-state index contributed by atoms with van der Waals surface area (Å²) in [6.07, 6.45) is 2.36. The quantitative estimate of drug-likeness (QED) is 0.860. The Balaban J connectivity index is 0.00000109. The zero-order valence-corrected chi connectivity index (χ0v) is 15.3. The lowest BCUT2D eigenvalue weighted by molar-refractivity contribution is 0.0517. The predicted molar refractivity (Wildman–Crippen MR) is 92.7 cm³/mol. The van der Waals surface area contributed by atoms with E-state index < -0.39 is 11.6 Å². The summed E-state index contributed by atoms with van der Waals surface area (Å²) in [5.41, 5.74) is -0.565. The van der Waals surface area contributed by atoms with Crippen molar-refractivity contribution in [2.45, 2.75) is 46.3 Å². The molecule has 1 aliphatic heterocycles. The molecule has 8 nitrogen and oxygen atoms in total. The van der Waals surface area contributed by atoms with Gasteiger partial charge in [-0.25, -0.2) is 19.6 Å². The monoisotopic (exact) mass is 350 g/mol. The Labute approximate surface area is 147 Å². The van der Waals surface area contributed by atoms with Crippen molar-refractivity contribution in [3.63, 3.8) is 0 Å². The minimum absolute atomic E-state index is 0.0671. The maximum absolute atomic E-state index is 11.8. The standard InChI is InChI=1S/C15H20N4O4.C2H6/c1-15(2,3)23-14(22)18-12-8-6-19(7-9(8)12)11-5-16-10(4-17-11)13(20)21;1-2/h4-5,8-9,12H,6-7H2,1-3H3,(H,18,22)(H,20,21);1-2H3. The van der Waals surface area contributed by atoms with Crippen LogP contribution in [-0.4, -0.2) is 51.9 Å². The van der Waals surface area contributed by atoms with E-state index in [4.69, 9.17) is 9.84 Å². The molecular formula is C17H26N4O4. The first kappa shape index (κ1) is 19.0. The van der Waals surface area contributed by atoms with Crippen LogP contribution in [-0.2, 0) is 4.74 Å². The number of carboxylic acid groups (broad SMARTS) is 1. The van der Waals surface area contributed by atoms with Crippen molar-refractivity contribution >= 4 is 17.9 Å². The van der Waals surface area contributed by atoms with Crippen LogP contribution in [0.1, 0.15) is 45.1 Å². The Morgan fingerprint density at radius 1 is 1.20 bits per heavy atom. The molecule has 3 rings (SSSR count). The third kappa shape index (κ3) is 4.58. The molecule has 138 valence electrons. The van der Waals surface area contributed by atoms with Crippen LogP contribution in [0, 0.1) is 11.8 Å². The minimum Gasteiger partial charge on any atom is -0.476 e. The molecule has 25 heavy (non-hydrogen) atoms. The fourth-order valence-corrected chi connectivity index (χ4v) is 2.97. The highest BCUT2D eigenvalue weighted by Crippen LogP contribution is 2.46. The van der Waals surface area contributed by atoms with Gasteiger partial charge >= 0.3 is 12.1 Å². The van der Waals surface area contributed by atoms with Crippen molar-refractivity contribution in [1.29, 1.82) is 0 Å². The van der Waals surface area contributed by atoms with E-state index in [1.54, 1.807) is 0 Å². The molecule has 8 heteroatoms. The number of anilines is 1. The molecule has 1 aromatic heterocycles. The number of aromatic carboxylic acids is 1. The molecule has 0 bridgehead atoms. The lowest BCUT2D eigenvalue weighted by atomic mass is 10.2. The van der Waals surface area contributed by atoms with Crippen molar-refractivity contribution in [1.82, 2.24) is 15.3 Å². The molecule has 0 aromatic carbocycles. The molecule has 2 heterocycles. The van der Waals surface area contributed by atoms with Gasteiger partial charge in [0.05, 0.1) is 12.4 Å². The molecule has 1 amide bonds. The maximum atomic E-state index is 11.8. The molecular weight excluding hydrogens is 324 g/mol. The first-order valence-electron chi connectivity index (χ1n) is 8.54. The summed E-state index contributed by atoms with van der Waals surface area (Å²) in [4.78, 5) is 32.6. The lowest BCUT2D eigenvalue weighted by Gasteiger charge is -2.22. The summed E-state index contributed by atoms with van der Waals surface area (Å²) in [5.74, 6) is 0.333. The van der Waals surface area contributed by atoms with Crippen LogP contribution in [0.4, 0.5) is 10.6 Å². The van der Waals surface area contributed by atoms with Gasteiger partial charge < -0.3 is 20.1 Å². The lowest BCUT2D eigenvalue weighted by Crippen LogP contribution is -2.38. The van der Waals surface area contributed by atoms with Gasteiger partial charge in [0.1, 0.15) is 11.4 Å². The smallest absolute Gasteiger partial charge is 0.407 e. The van der Waals surface area contributed by atoms with Gasteiger partial charge in [0.2, 0.25) is 0 Å². The number of carboxylic acids is 1. The summed E-state index contributed by atoms with van der Waals surface area (Å²) in [5, 5.41) is 11.7. The first-order valence-corrected chi connectivity index (χ1v) is 8.54. The predicted octanol–water partition coefficient (Wildman–Crippen LogP) is 2.16. The number of nitrogens with zero attached hydrogens (tertiary/aromatic N) is 3. The van der Waals surface area contributed by atoms with Gasteiger partial charge in [-0.1, -0.05) is 13.8 Å². The Morgan fingerprint density at radius 2 is 1.80 bits per heavy atom. The van der Waals surface area contributed by atoms with Crippen molar-refractivity contribution in [2.75, 3.05) is 18.0 Å². The van der Waals surface area contributed by atoms with E-state index in [0.29, 0.717) is 17.7 Å². The van der Waals surface area contributed by atoms with E-state index >= 15 is 0 Å². The topological polar surface area (TPSA) is 105 Å². The fraction of sp³-hybridized carbons (Fsp3) is 0.647. The van der Waals surface area contributed by atoms with Crippen LogP contribution in [0.5, 0.6) is 0 Å². The molecule has 1 aliphatic carbocycles. The van der Waals surface area contributed by atoms with Crippen LogP contribution in [0.25, 0.3) is 0 Å². The number of hydrogen-bond donors (Lipinski definition) is 2. The highest BCUT2D eigenvalue weighted by atomic mass is 16.6. The second-order valence-electron chi connectivity index (χ2n) is 6.97. The molecule has 0 spiro atoms. The van der Waals surface area contributed by atoms with Gasteiger partial charge in [0.15, 0.2) is 5.69 Å². The normalized spacial score (nSPS) is 23.9. The highest BCUT2D eigenvalue weighted by Gasteiger charge is 2.57. The number of aromatic nitrogens is 2. The number of carbonyl (C=O) groups is 2. The highest BCUT2D eigenvalue weighted by molar-refractivity contribution is 5.84. The van der Waals surface area contributed by atoms with Crippen LogP contribution in [0.3, 0.4) is 0 Å². The number of rotatable bonds is 3. The molecule has 1 saturated heterocycles. The van der Waals surface area contributed by atoms with Gasteiger partial charge in [-0.2, -0.15) is 0 Å². The van der Waals surface area contributed by atoms with E-state index in [1.165, 1.54) is 12.4 Å². The third-order valence-electron chi connectivity index (χ3n) is 4.06. The van der Waals surface area contributed by atoms with Crippen molar-refractivity contribution < 1.29 is 19.4 Å². The molecule has 1 saturated carbocycles. The number of amides is 1. The fourth-order valence-electron chi connectivity index (χ4n) is 2.97. The zero-order valence-electron chi connectivity index (χ0n) is 15.3. The van der Waals surface area contributed by atoms with Crippen molar-refractivity contribution in [2.24, 2.45) is 11.8 Å². The number of ether oxygens (including phenoxy) is 1. The van der Waals surface area contributed by atoms with Crippen LogP contribution < -0.4 is 10.2 Å². The van der Waals surface area contributed by atoms with E-state index in [-0.39, 0.29) is 17.8 Å². The van der Waals surface area contributed by atoms with Crippen LogP contribution in [0.15, 0.2) is 12.4 Å². The van der Waals surface area contributed by atoms with E-state index in [1.807, 2.05) is 34.6 Å². The van der Waals surface area contributed by atoms with E-state index in [9.17, 15) is 9.59 Å². The minimum atomic E-state index is -1.09. The maximum Gasteiger partial charge on any atom is 0.407 e. The summed E-state index contributed by atoms with van der Waals surface area (Å²) in [7, 11) is 0. The number of nitrogens with one attached hydrogen (secondary N) is 1. The Hall–Kier alpha value is -2.38. The number of carbonyl (C=O) groups excluding carboxylic acids is 1. The molecule has 1 aromatic rings. The van der Waals surface area contributed by atoms with Gasteiger partial charge in [-0.15, -0.1) is 0 Å². The number of fused-ring (bicyclic) bond motifs is 1. The largest absolute Gasteiger partial charge is 0.476 e. The van der Waals surface area contributed by atoms with Crippen molar-refractivity contribution in [3.8, 4) is 0 Å². The van der Waals surface area contributed by atoms with E-state index in [2.05, 4.69) is 20.2 Å². The van der Waals surface area contributed by atoms with Gasteiger partial charge in [-0.3, -0.25) is 0 Å². The molecule has 2 atom stereocenters. The SMILES string of the molecule is CC.CC(C)(C)OC(=O)NC1C2CN(c3cnc(C(=O)O)cn3)CC21. The summed E-state index contributed by atoms with van der Waals surface area (Å²) >= 11 is 0. The molecule has 2 fully saturated rings. The zero-order chi connectivity index (χ0) is 18.8. The average molecular weight is 350 g/mol. The summed E-state index contributed by atoms with van der Waals surface area (Å²) in [6, 6.07) is 0.146. The average Bonchev–Trinajstić information content (AvgIpc) is 2.97. The summed E-state index contributed by atoms with van der Waals surface area (Å²) in [6.45, 7) is 11.0. The summed E-state index contributed by atoms with van der Waals surface area (Å²) < 4.78 is 5.26. The molecule has 2 N–H and O–H groups in total. The Morgan fingerprint density at radius 3 is 2.24 bits per heavy atom. The van der Waals surface area contributed by atoms with Crippen LogP contribution >= 0.6 is 0 Å². The van der Waals surface area contributed by atoms with E-state index in [0.717, 1.165) is 13.1 Å². The molecule has 0 radical (unpaired) electrons. The van der Waals surface area contributed by atoms with Gasteiger partial charge in [0, 0.05) is 31.0 Å². The second kappa shape index (κ2) is 7.25. The Bertz CT molecular complexity index is 615. The third-order valence-corrected chi connectivity index (χ3v) is 4.06. The Kier molecular flexibility index (Phi) is 5.49. The number of hydrogen-bond acceptors (Lipinski definition) is 6. The first-order chi connectivity index (χ1) is 11.7. The number of alkyl carbamates (subject to hydrolysis) is 1. The van der Waals surface area contributed by atoms with Gasteiger partial charge in [0.25, 0.3) is 0 Å². The van der Waals surface area contributed by atoms with Gasteiger partial charge in [-0.05, 0) is 20.8 Å². The molecule has 2 aliphatic rings. The van der Waals surface area contributed by atoms with Crippen molar-refractivity contribution in [3.05, 3.63) is 18.1 Å². The molecule has 2 unspecified atom stereocenters.